The van der Waals surface area contributed by atoms with Gasteiger partial charge in [-0.2, -0.15) is 4.31 Å². The molecular weight excluding hydrogens is 432 g/mol. The zero-order valence-electron chi connectivity index (χ0n) is 17.1. The van der Waals surface area contributed by atoms with Crippen LogP contribution in [0, 0.1) is 0 Å². The molecule has 1 atom stereocenters. The third-order valence-electron chi connectivity index (χ3n) is 4.31. The van der Waals surface area contributed by atoms with Gasteiger partial charge in [0.2, 0.25) is 10.0 Å². The van der Waals surface area contributed by atoms with E-state index in [-0.39, 0.29) is 10.9 Å². The van der Waals surface area contributed by atoms with Crippen LogP contribution in [0.2, 0.25) is 0 Å². The molecule has 1 aromatic carbocycles. The molecule has 0 unspecified atom stereocenters. The van der Waals surface area contributed by atoms with E-state index in [0.717, 1.165) is 0 Å². The van der Waals surface area contributed by atoms with Gasteiger partial charge in [0.1, 0.15) is 0 Å². The van der Waals surface area contributed by atoms with Crippen LogP contribution >= 0.6 is 23.4 Å². The third kappa shape index (κ3) is 5.61. The second kappa shape index (κ2) is 10.6. The molecule has 1 aromatic heterocycles. The Hall–Kier alpha value is -1.39. The average molecular weight is 459 g/mol. The van der Waals surface area contributed by atoms with Gasteiger partial charge >= 0.3 is 0 Å². The highest BCUT2D eigenvalue weighted by Crippen LogP contribution is 2.30. The number of aromatic nitrogens is 3. The quantitative estimate of drug-likeness (QED) is 0.473. The lowest BCUT2D eigenvalue weighted by atomic mass is 10.2. The standard InChI is InChI=1S/C19H27ClN4O3S2/c1-6-23(7-2)29(25,26)17-10-8-9-16(11-17)18-21-22-19(28-13-14(3)20)24(18)15(4)12-27-5/h8-11,15H,3,6-7,12-13H2,1-2,4-5H3/t15-/m0/s1. The Balaban J connectivity index is 2.53. The number of hydrogen-bond acceptors (Lipinski definition) is 6. The van der Waals surface area contributed by atoms with Gasteiger partial charge < -0.3 is 4.74 Å². The van der Waals surface area contributed by atoms with Crippen molar-refractivity contribution in [3.8, 4) is 11.4 Å². The summed E-state index contributed by atoms with van der Waals surface area (Å²) in [6.45, 7) is 10.6. The van der Waals surface area contributed by atoms with Crippen molar-refractivity contribution < 1.29 is 13.2 Å². The number of sulfonamides is 1. The van der Waals surface area contributed by atoms with Crippen LogP contribution in [-0.4, -0.2) is 60.0 Å². The van der Waals surface area contributed by atoms with Gasteiger partial charge in [0.05, 0.1) is 17.5 Å². The highest BCUT2D eigenvalue weighted by molar-refractivity contribution is 7.99. The highest BCUT2D eigenvalue weighted by atomic mass is 35.5. The molecule has 0 N–H and O–H groups in total. The molecule has 160 valence electrons. The van der Waals surface area contributed by atoms with Gasteiger partial charge in [0.15, 0.2) is 11.0 Å². The molecule has 2 aromatic rings. The fraction of sp³-hybridized carbons (Fsp3) is 0.474. The van der Waals surface area contributed by atoms with Gasteiger partial charge in [-0.3, -0.25) is 4.57 Å². The minimum absolute atomic E-state index is 0.0564. The molecule has 0 radical (unpaired) electrons. The van der Waals surface area contributed by atoms with Crippen molar-refractivity contribution in [1.29, 1.82) is 0 Å². The fourth-order valence-electron chi connectivity index (χ4n) is 2.94. The lowest BCUT2D eigenvalue weighted by Gasteiger charge is -2.20. The van der Waals surface area contributed by atoms with Crippen molar-refractivity contribution in [1.82, 2.24) is 19.1 Å². The zero-order valence-corrected chi connectivity index (χ0v) is 19.5. The number of hydrogen-bond donors (Lipinski definition) is 0. The Morgan fingerprint density at radius 1 is 1.34 bits per heavy atom. The second-order valence-corrected chi connectivity index (χ2v) is 9.82. The molecule has 0 saturated heterocycles. The predicted molar refractivity (Wildman–Crippen MR) is 118 cm³/mol. The molecule has 10 heteroatoms. The molecule has 1 heterocycles. The maximum Gasteiger partial charge on any atom is 0.243 e. The van der Waals surface area contributed by atoms with Crippen molar-refractivity contribution in [2.24, 2.45) is 0 Å². The van der Waals surface area contributed by atoms with Gasteiger partial charge in [0, 0.05) is 36.5 Å². The van der Waals surface area contributed by atoms with E-state index >= 15 is 0 Å². The summed E-state index contributed by atoms with van der Waals surface area (Å²) in [4.78, 5) is 0.232. The predicted octanol–water partition coefficient (Wildman–Crippen LogP) is 4.03. The molecule has 29 heavy (non-hydrogen) atoms. The maximum absolute atomic E-state index is 12.9. The van der Waals surface area contributed by atoms with Crippen molar-refractivity contribution in [3.63, 3.8) is 0 Å². The fourth-order valence-corrected chi connectivity index (χ4v) is 5.39. The molecule has 0 aliphatic heterocycles. The number of methoxy groups -OCH3 is 1. The summed E-state index contributed by atoms with van der Waals surface area (Å²) in [7, 11) is -1.94. The third-order valence-corrected chi connectivity index (χ3v) is 7.67. The largest absolute Gasteiger partial charge is 0.383 e. The van der Waals surface area contributed by atoms with Gasteiger partial charge in [-0.1, -0.05) is 55.9 Å². The van der Waals surface area contributed by atoms with Crippen LogP contribution in [0.4, 0.5) is 0 Å². The normalized spacial score (nSPS) is 13.0. The Labute approximate surface area is 182 Å². The first kappa shape index (κ1) is 23.9. The molecule has 0 spiro atoms. The first-order valence-corrected chi connectivity index (χ1v) is 12.1. The van der Waals surface area contributed by atoms with Crippen LogP contribution in [0.3, 0.4) is 0 Å². The van der Waals surface area contributed by atoms with Crippen LogP contribution in [0.1, 0.15) is 26.8 Å². The number of ether oxygens (including phenoxy) is 1. The van der Waals surface area contributed by atoms with Crippen LogP contribution in [0.15, 0.2) is 45.9 Å². The van der Waals surface area contributed by atoms with Gasteiger partial charge in [-0.25, -0.2) is 8.42 Å². The van der Waals surface area contributed by atoms with E-state index < -0.39 is 10.0 Å². The Morgan fingerprint density at radius 3 is 2.62 bits per heavy atom. The van der Waals surface area contributed by atoms with Crippen LogP contribution in [0.5, 0.6) is 0 Å². The summed E-state index contributed by atoms with van der Waals surface area (Å²) >= 11 is 7.33. The number of halogens is 1. The number of rotatable bonds is 11. The summed E-state index contributed by atoms with van der Waals surface area (Å²) in [5.41, 5.74) is 0.672. The number of thioether (sulfide) groups is 1. The Bertz CT molecular complexity index is 943. The van der Waals surface area contributed by atoms with Crippen molar-refractivity contribution in [2.45, 2.75) is 36.9 Å². The van der Waals surface area contributed by atoms with Crippen molar-refractivity contribution in [2.75, 3.05) is 32.6 Å². The molecule has 0 aliphatic carbocycles. The molecule has 0 bridgehead atoms. The van der Waals surface area contributed by atoms with Crippen LogP contribution < -0.4 is 0 Å². The molecule has 0 fully saturated rings. The maximum atomic E-state index is 12.9. The summed E-state index contributed by atoms with van der Waals surface area (Å²) in [5, 5.41) is 9.80. The summed E-state index contributed by atoms with van der Waals surface area (Å²) < 4.78 is 34.5. The first-order valence-electron chi connectivity index (χ1n) is 9.26. The smallest absolute Gasteiger partial charge is 0.243 e. The molecule has 7 nitrogen and oxygen atoms in total. The number of benzene rings is 1. The molecule has 2 rings (SSSR count). The highest BCUT2D eigenvalue weighted by Gasteiger charge is 2.24. The minimum atomic E-state index is -3.57. The van der Waals surface area contributed by atoms with Gasteiger partial charge in [-0.15, -0.1) is 10.2 Å². The monoisotopic (exact) mass is 458 g/mol. The van der Waals surface area contributed by atoms with Crippen LogP contribution in [0.25, 0.3) is 11.4 Å². The zero-order chi connectivity index (χ0) is 21.6. The van der Waals surface area contributed by atoms with Gasteiger partial charge in [0.25, 0.3) is 0 Å². The van der Waals surface area contributed by atoms with Crippen LogP contribution in [-0.2, 0) is 14.8 Å². The average Bonchev–Trinajstić information content (AvgIpc) is 3.11. The summed E-state index contributed by atoms with van der Waals surface area (Å²) in [6, 6.07) is 6.74. The van der Waals surface area contributed by atoms with Crippen molar-refractivity contribution >= 4 is 33.4 Å². The van der Waals surface area contributed by atoms with E-state index in [1.54, 1.807) is 25.3 Å². The van der Waals surface area contributed by atoms with E-state index in [2.05, 4.69) is 16.8 Å². The summed E-state index contributed by atoms with van der Waals surface area (Å²) in [5.74, 6) is 1.07. The summed E-state index contributed by atoms with van der Waals surface area (Å²) in [6.07, 6.45) is 0. The number of nitrogens with zero attached hydrogens (tertiary/aromatic N) is 4. The van der Waals surface area contributed by atoms with Gasteiger partial charge in [-0.05, 0) is 19.1 Å². The van der Waals surface area contributed by atoms with E-state index in [1.165, 1.54) is 16.1 Å². The second-order valence-electron chi connectivity index (χ2n) is 6.40. The lowest BCUT2D eigenvalue weighted by Crippen LogP contribution is -2.30. The van der Waals surface area contributed by atoms with Crippen molar-refractivity contribution in [3.05, 3.63) is 35.9 Å². The van der Waals surface area contributed by atoms with E-state index in [1.807, 2.05) is 31.4 Å². The molecule has 0 saturated carbocycles. The lowest BCUT2D eigenvalue weighted by molar-refractivity contribution is 0.159. The molecule has 0 aliphatic rings. The minimum Gasteiger partial charge on any atom is -0.383 e. The van der Waals surface area contributed by atoms with E-state index in [0.29, 0.717) is 47.0 Å². The van der Waals surface area contributed by atoms with E-state index in [4.69, 9.17) is 16.3 Å². The Morgan fingerprint density at radius 2 is 2.03 bits per heavy atom. The topological polar surface area (TPSA) is 77.3 Å². The molecule has 0 amide bonds. The van der Waals surface area contributed by atoms with E-state index in [9.17, 15) is 8.42 Å². The Kier molecular flexibility index (Phi) is 8.72. The SMILES string of the molecule is C=C(Cl)CSc1nnc(-c2cccc(S(=O)(=O)N(CC)CC)c2)n1[C@@H](C)COC. The first-order chi connectivity index (χ1) is 13.8. The molecular formula is C19H27ClN4O3S2.